The number of hydrogen-bond donors (Lipinski definition) is 0. The molecule has 0 spiro atoms. The second-order valence-electron chi connectivity index (χ2n) is 3.12. The van der Waals surface area contributed by atoms with Crippen molar-refractivity contribution in [2.45, 2.75) is 45.4 Å². The van der Waals surface area contributed by atoms with Gasteiger partial charge in [0.2, 0.25) is 0 Å². The Bertz CT molecular complexity index is 157. The summed E-state index contributed by atoms with van der Waals surface area (Å²) in [5, 5.41) is 0. The number of carbonyl (C=O) groups excluding carboxylic acids is 1. The van der Waals surface area contributed by atoms with E-state index in [-0.39, 0.29) is 0 Å². The highest BCUT2D eigenvalue weighted by molar-refractivity contribution is 5.64. The van der Waals surface area contributed by atoms with Crippen molar-refractivity contribution in [3.8, 4) is 0 Å². The zero-order valence-corrected chi connectivity index (χ0v) is 8.54. The third-order valence-corrected chi connectivity index (χ3v) is 1.94. The molecule has 0 aromatic rings. The SMILES string of the molecule is CC=CCCCCCCC=CC=O. The van der Waals surface area contributed by atoms with Gasteiger partial charge >= 0.3 is 0 Å². The molecule has 0 saturated carbocycles. The van der Waals surface area contributed by atoms with Crippen LogP contribution in [0, 0.1) is 0 Å². The topological polar surface area (TPSA) is 17.1 Å². The third kappa shape index (κ3) is 11.1. The van der Waals surface area contributed by atoms with Gasteiger partial charge < -0.3 is 0 Å². The lowest BCUT2D eigenvalue weighted by atomic mass is 10.1. The number of carbonyl (C=O) groups is 1. The second kappa shape index (κ2) is 11.2. The summed E-state index contributed by atoms with van der Waals surface area (Å²) >= 11 is 0. The molecule has 0 N–H and O–H groups in total. The van der Waals surface area contributed by atoms with E-state index in [4.69, 9.17) is 0 Å². The normalized spacial score (nSPS) is 11.5. The lowest BCUT2D eigenvalue weighted by Crippen LogP contribution is -1.76. The molecule has 0 fully saturated rings. The summed E-state index contributed by atoms with van der Waals surface area (Å²) in [6.45, 7) is 2.06. The summed E-state index contributed by atoms with van der Waals surface area (Å²) in [4.78, 5) is 9.92. The number of rotatable bonds is 8. The van der Waals surface area contributed by atoms with Crippen LogP contribution in [0.5, 0.6) is 0 Å². The van der Waals surface area contributed by atoms with Gasteiger partial charge in [-0.05, 0) is 38.7 Å². The summed E-state index contributed by atoms with van der Waals surface area (Å²) < 4.78 is 0. The zero-order chi connectivity index (χ0) is 9.78. The Labute approximate surface area is 81.5 Å². The molecule has 0 aliphatic heterocycles. The van der Waals surface area contributed by atoms with Crippen LogP contribution in [0.3, 0.4) is 0 Å². The highest BCUT2D eigenvalue weighted by atomic mass is 16.1. The van der Waals surface area contributed by atoms with E-state index in [9.17, 15) is 4.79 Å². The lowest BCUT2D eigenvalue weighted by molar-refractivity contribution is -0.104. The Balaban J connectivity index is 2.99. The van der Waals surface area contributed by atoms with E-state index in [0.29, 0.717) is 0 Å². The smallest absolute Gasteiger partial charge is 0.142 e. The Morgan fingerprint density at radius 1 is 0.923 bits per heavy atom. The van der Waals surface area contributed by atoms with Crippen LogP contribution in [0.25, 0.3) is 0 Å². The molecular weight excluding hydrogens is 160 g/mol. The highest BCUT2D eigenvalue weighted by Crippen LogP contribution is 2.05. The van der Waals surface area contributed by atoms with Gasteiger partial charge in [-0.15, -0.1) is 0 Å². The van der Waals surface area contributed by atoms with Gasteiger partial charge in [-0.1, -0.05) is 31.1 Å². The summed E-state index contributed by atoms with van der Waals surface area (Å²) in [5.41, 5.74) is 0. The molecule has 0 aliphatic rings. The zero-order valence-electron chi connectivity index (χ0n) is 8.54. The molecule has 74 valence electrons. The number of unbranched alkanes of at least 4 members (excludes halogenated alkanes) is 5. The number of hydrogen-bond acceptors (Lipinski definition) is 1. The summed E-state index contributed by atoms with van der Waals surface area (Å²) in [6, 6.07) is 0. The van der Waals surface area contributed by atoms with Gasteiger partial charge in [0, 0.05) is 0 Å². The van der Waals surface area contributed by atoms with Crippen LogP contribution in [0.15, 0.2) is 24.3 Å². The molecule has 0 amide bonds. The molecule has 0 saturated heterocycles. The van der Waals surface area contributed by atoms with Gasteiger partial charge in [0.1, 0.15) is 6.29 Å². The van der Waals surface area contributed by atoms with E-state index in [2.05, 4.69) is 19.1 Å². The van der Waals surface area contributed by atoms with Crippen molar-refractivity contribution in [2.24, 2.45) is 0 Å². The minimum atomic E-state index is 0.839. The Morgan fingerprint density at radius 2 is 1.54 bits per heavy atom. The summed E-state index contributed by atoms with van der Waals surface area (Å²) in [5.74, 6) is 0. The largest absolute Gasteiger partial charge is 0.299 e. The van der Waals surface area contributed by atoms with E-state index in [1.165, 1.54) is 32.1 Å². The van der Waals surface area contributed by atoms with Crippen LogP contribution in [-0.4, -0.2) is 6.29 Å². The standard InChI is InChI=1S/C12H20O/c1-2-3-4-5-6-7-8-9-10-11-12-13/h2-3,10-12H,4-9H2,1H3. The van der Waals surface area contributed by atoms with Crippen LogP contribution in [0.2, 0.25) is 0 Å². The third-order valence-electron chi connectivity index (χ3n) is 1.94. The molecule has 0 bridgehead atoms. The lowest BCUT2D eigenvalue weighted by Gasteiger charge is -1.95. The first-order valence-electron chi connectivity index (χ1n) is 5.13. The van der Waals surface area contributed by atoms with Crippen LogP contribution in [-0.2, 0) is 4.79 Å². The molecule has 0 atom stereocenters. The Kier molecular flexibility index (Phi) is 10.4. The van der Waals surface area contributed by atoms with E-state index >= 15 is 0 Å². The maximum Gasteiger partial charge on any atom is 0.142 e. The fourth-order valence-electron chi connectivity index (χ4n) is 1.20. The van der Waals surface area contributed by atoms with Gasteiger partial charge in [0.15, 0.2) is 0 Å². The van der Waals surface area contributed by atoms with E-state index < -0.39 is 0 Å². The predicted octanol–water partition coefficient (Wildman–Crippen LogP) is 3.66. The Hall–Kier alpha value is -0.850. The van der Waals surface area contributed by atoms with Crippen molar-refractivity contribution in [3.63, 3.8) is 0 Å². The molecule has 13 heavy (non-hydrogen) atoms. The van der Waals surface area contributed by atoms with Crippen molar-refractivity contribution in [1.29, 1.82) is 0 Å². The van der Waals surface area contributed by atoms with Crippen molar-refractivity contribution >= 4 is 6.29 Å². The van der Waals surface area contributed by atoms with Crippen molar-refractivity contribution in [2.75, 3.05) is 0 Å². The minimum Gasteiger partial charge on any atom is -0.299 e. The van der Waals surface area contributed by atoms with Gasteiger partial charge in [-0.3, -0.25) is 4.79 Å². The van der Waals surface area contributed by atoms with Crippen LogP contribution >= 0.6 is 0 Å². The Morgan fingerprint density at radius 3 is 2.08 bits per heavy atom. The van der Waals surface area contributed by atoms with E-state index in [1.807, 2.05) is 6.08 Å². The first kappa shape index (κ1) is 12.2. The predicted molar refractivity (Wildman–Crippen MR) is 57.7 cm³/mol. The molecule has 0 heterocycles. The van der Waals surface area contributed by atoms with Gasteiger partial charge in [-0.2, -0.15) is 0 Å². The molecule has 0 aromatic carbocycles. The average Bonchev–Trinajstić information content (AvgIpc) is 2.16. The molecule has 1 heteroatoms. The summed E-state index contributed by atoms with van der Waals surface area (Å²) in [7, 11) is 0. The maximum absolute atomic E-state index is 9.92. The van der Waals surface area contributed by atoms with E-state index in [1.54, 1.807) is 6.08 Å². The fraction of sp³-hybridized carbons (Fsp3) is 0.583. The molecule has 0 aromatic heterocycles. The molecule has 0 rings (SSSR count). The average molecular weight is 180 g/mol. The number of allylic oxidation sites excluding steroid dienone is 4. The first-order valence-corrected chi connectivity index (χ1v) is 5.13. The van der Waals surface area contributed by atoms with Gasteiger partial charge in [0.25, 0.3) is 0 Å². The molecule has 0 radical (unpaired) electrons. The van der Waals surface area contributed by atoms with Gasteiger partial charge in [-0.25, -0.2) is 0 Å². The quantitative estimate of drug-likeness (QED) is 0.241. The fourth-order valence-corrected chi connectivity index (χ4v) is 1.20. The monoisotopic (exact) mass is 180 g/mol. The van der Waals surface area contributed by atoms with E-state index in [0.717, 1.165) is 12.7 Å². The van der Waals surface area contributed by atoms with Crippen molar-refractivity contribution in [1.82, 2.24) is 0 Å². The van der Waals surface area contributed by atoms with Crippen LogP contribution in [0.1, 0.15) is 45.4 Å². The molecule has 0 unspecified atom stereocenters. The number of aldehydes is 1. The summed E-state index contributed by atoms with van der Waals surface area (Å²) in [6.07, 6.45) is 16.0. The molecule has 0 aliphatic carbocycles. The second-order valence-corrected chi connectivity index (χ2v) is 3.12. The van der Waals surface area contributed by atoms with Crippen molar-refractivity contribution < 1.29 is 4.79 Å². The minimum absolute atomic E-state index is 0.839. The molecular formula is C12H20O. The van der Waals surface area contributed by atoms with Crippen molar-refractivity contribution in [3.05, 3.63) is 24.3 Å². The maximum atomic E-state index is 9.92. The van der Waals surface area contributed by atoms with Gasteiger partial charge in [0.05, 0.1) is 0 Å². The first-order chi connectivity index (χ1) is 6.41. The highest BCUT2D eigenvalue weighted by Gasteiger charge is 1.86. The molecule has 1 nitrogen and oxygen atoms in total. The van der Waals surface area contributed by atoms with Crippen LogP contribution < -0.4 is 0 Å². The van der Waals surface area contributed by atoms with Crippen LogP contribution in [0.4, 0.5) is 0 Å².